The van der Waals surface area contributed by atoms with Crippen LogP contribution in [0.5, 0.6) is 11.5 Å². The number of ether oxygens (including phenoxy) is 2. The summed E-state index contributed by atoms with van der Waals surface area (Å²) in [4.78, 5) is 3.98. The van der Waals surface area contributed by atoms with Crippen LogP contribution in [-0.2, 0) is 6.61 Å². The molecule has 0 saturated heterocycles. The topological polar surface area (TPSA) is 31.4 Å². The molecule has 3 nitrogen and oxygen atoms in total. The Hall–Kier alpha value is -2.03. The number of benzene rings is 1. The van der Waals surface area contributed by atoms with E-state index in [4.69, 9.17) is 9.47 Å². The van der Waals surface area contributed by atoms with Crippen LogP contribution in [0.25, 0.3) is 0 Å². The van der Waals surface area contributed by atoms with Gasteiger partial charge in [0.15, 0.2) is 0 Å². The van der Waals surface area contributed by atoms with E-state index in [0.717, 1.165) is 17.1 Å². The first-order chi connectivity index (χ1) is 7.88. The number of rotatable bonds is 4. The second kappa shape index (κ2) is 5.16. The van der Waals surface area contributed by atoms with Crippen molar-refractivity contribution in [1.29, 1.82) is 0 Å². The molecule has 0 N–H and O–H groups in total. The van der Waals surface area contributed by atoms with Crippen molar-refractivity contribution in [3.63, 3.8) is 0 Å². The molecule has 0 aliphatic carbocycles. The number of nitrogens with zero attached hydrogens (tertiary/aromatic N) is 1. The molecular weight excluding hydrogens is 202 g/mol. The normalized spacial score (nSPS) is 9.81. The molecule has 2 aromatic rings. The summed E-state index contributed by atoms with van der Waals surface area (Å²) in [5.41, 5.74) is 1.07. The lowest BCUT2D eigenvalue weighted by molar-refractivity contribution is 0.304. The highest BCUT2D eigenvalue weighted by atomic mass is 16.5. The van der Waals surface area contributed by atoms with Crippen LogP contribution < -0.4 is 9.47 Å². The van der Waals surface area contributed by atoms with Gasteiger partial charge in [-0.05, 0) is 29.8 Å². The summed E-state index contributed by atoms with van der Waals surface area (Å²) < 4.78 is 10.7. The average molecular weight is 215 g/mol. The number of pyridine rings is 1. The SMILES string of the molecule is COc1cccc(COc2cccnc2)c1. The molecule has 3 heteroatoms. The van der Waals surface area contributed by atoms with Crippen molar-refractivity contribution < 1.29 is 9.47 Å². The molecule has 0 aliphatic heterocycles. The maximum absolute atomic E-state index is 5.57. The van der Waals surface area contributed by atoms with Gasteiger partial charge in [-0.2, -0.15) is 0 Å². The Morgan fingerprint density at radius 3 is 2.75 bits per heavy atom. The quantitative estimate of drug-likeness (QED) is 0.785. The Labute approximate surface area is 94.7 Å². The van der Waals surface area contributed by atoms with Crippen molar-refractivity contribution in [2.45, 2.75) is 6.61 Å². The third-order valence-electron chi connectivity index (χ3n) is 2.17. The van der Waals surface area contributed by atoms with Gasteiger partial charge < -0.3 is 9.47 Å². The third kappa shape index (κ3) is 2.73. The Balaban J connectivity index is 1.99. The van der Waals surface area contributed by atoms with Crippen LogP contribution in [0.3, 0.4) is 0 Å². The second-order valence-electron chi connectivity index (χ2n) is 3.33. The predicted molar refractivity (Wildman–Crippen MR) is 61.6 cm³/mol. The third-order valence-corrected chi connectivity index (χ3v) is 2.17. The maximum atomic E-state index is 5.57. The van der Waals surface area contributed by atoms with E-state index in [0.29, 0.717) is 6.61 Å². The average Bonchev–Trinajstić information content (AvgIpc) is 2.38. The number of aromatic nitrogens is 1. The Kier molecular flexibility index (Phi) is 3.38. The molecule has 0 unspecified atom stereocenters. The molecule has 1 aromatic heterocycles. The van der Waals surface area contributed by atoms with Crippen LogP contribution in [0.1, 0.15) is 5.56 Å². The highest BCUT2D eigenvalue weighted by molar-refractivity contribution is 5.28. The Morgan fingerprint density at radius 1 is 1.12 bits per heavy atom. The van der Waals surface area contributed by atoms with Gasteiger partial charge in [-0.25, -0.2) is 0 Å². The summed E-state index contributed by atoms with van der Waals surface area (Å²) in [6.45, 7) is 0.517. The first-order valence-corrected chi connectivity index (χ1v) is 5.04. The van der Waals surface area contributed by atoms with Crippen LogP contribution in [0.2, 0.25) is 0 Å². The lowest BCUT2D eigenvalue weighted by Crippen LogP contribution is -1.96. The predicted octanol–water partition coefficient (Wildman–Crippen LogP) is 2.67. The minimum Gasteiger partial charge on any atom is -0.497 e. The largest absolute Gasteiger partial charge is 0.497 e. The number of hydrogen-bond donors (Lipinski definition) is 0. The van der Waals surface area contributed by atoms with Gasteiger partial charge in [0.1, 0.15) is 18.1 Å². The molecule has 1 aromatic carbocycles. The lowest BCUT2D eigenvalue weighted by Gasteiger charge is -2.06. The van der Waals surface area contributed by atoms with Gasteiger partial charge in [0.25, 0.3) is 0 Å². The zero-order valence-electron chi connectivity index (χ0n) is 9.09. The van der Waals surface area contributed by atoms with E-state index in [9.17, 15) is 0 Å². The highest BCUT2D eigenvalue weighted by Gasteiger charge is 1.97. The summed E-state index contributed by atoms with van der Waals surface area (Å²) in [5, 5.41) is 0. The van der Waals surface area contributed by atoms with Gasteiger partial charge in [-0.15, -0.1) is 0 Å². The zero-order valence-corrected chi connectivity index (χ0v) is 9.09. The molecule has 0 spiro atoms. The maximum Gasteiger partial charge on any atom is 0.138 e. The van der Waals surface area contributed by atoms with Gasteiger partial charge in [-0.3, -0.25) is 4.98 Å². The summed E-state index contributed by atoms with van der Waals surface area (Å²) in [5.74, 6) is 1.61. The van der Waals surface area contributed by atoms with Crippen molar-refractivity contribution >= 4 is 0 Å². The number of methoxy groups -OCH3 is 1. The molecule has 0 saturated carbocycles. The highest BCUT2D eigenvalue weighted by Crippen LogP contribution is 2.15. The van der Waals surface area contributed by atoms with Crippen molar-refractivity contribution in [1.82, 2.24) is 4.98 Å². The number of hydrogen-bond acceptors (Lipinski definition) is 3. The van der Waals surface area contributed by atoms with E-state index in [1.165, 1.54) is 0 Å². The van der Waals surface area contributed by atoms with Crippen LogP contribution >= 0.6 is 0 Å². The minimum absolute atomic E-state index is 0.517. The van der Waals surface area contributed by atoms with Crippen molar-refractivity contribution in [3.05, 3.63) is 54.4 Å². The van der Waals surface area contributed by atoms with Crippen LogP contribution in [0.15, 0.2) is 48.8 Å². The molecule has 0 aliphatic rings. The molecule has 0 radical (unpaired) electrons. The summed E-state index contributed by atoms with van der Waals surface area (Å²) in [6, 6.07) is 11.5. The zero-order chi connectivity index (χ0) is 11.2. The molecule has 16 heavy (non-hydrogen) atoms. The van der Waals surface area contributed by atoms with Gasteiger partial charge in [0, 0.05) is 6.20 Å². The van der Waals surface area contributed by atoms with Gasteiger partial charge in [-0.1, -0.05) is 12.1 Å². The molecule has 0 amide bonds. The van der Waals surface area contributed by atoms with Crippen molar-refractivity contribution in [2.24, 2.45) is 0 Å². The summed E-state index contributed by atoms with van der Waals surface area (Å²) in [7, 11) is 1.65. The van der Waals surface area contributed by atoms with Gasteiger partial charge >= 0.3 is 0 Å². The van der Waals surface area contributed by atoms with Crippen LogP contribution in [-0.4, -0.2) is 12.1 Å². The fourth-order valence-corrected chi connectivity index (χ4v) is 1.36. The van der Waals surface area contributed by atoms with Gasteiger partial charge in [0.05, 0.1) is 13.3 Å². The minimum atomic E-state index is 0.517. The molecular formula is C13H13NO2. The molecule has 2 rings (SSSR count). The molecule has 1 heterocycles. The van der Waals surface area contributed by atoms with E-state index in [1.54, 1.807) is 19.5 Å². The van der Waals surface area contributed by atoms with E-state index in [-0.39, 0.29) is 0 Å². The molecule has 0 atom stereocenters. The van der Waals surface area contributed by atoms with Crippen LogP contribution in [0, 0.1) is 0 Å². The Morgan fingerprint density at radius 2 is 2.00 bits per heavy atom. The van der Waals surface area contributed by atoms with Crippen LogP contribution in [0.4, 0.5) is 0 Å². The smallest absolute Gasteiger partial charge is 0.138 e. The van der Waals surface area contributed by atoms with Crippen molar-refractivity contribution in [3.8, 4) is 11.5 Å². The van der Waals surface area contributed by atoms with E-state index >= 15 is 0 Å². The van der Waals surface area contributed by atoms with E-state index in [2.05, 4.69) is 4.98 Å². The summed E-state index contributed by atoms with van der Waals surface area (Å²) in [6.07, 6.45) is 3.42. The molecule has 82 valence electrons. The van der Waals surface area contributed by atoms with Gasteiger partial charge in [0.2, 0.25) is 0 Å². The molecule has 0 bridgehead atoms. The van der Waals surface area contributed by atoms with E-state index < -0.39 is 0 Å². The second-order valence-corrected chi connectivity index (χ2v) is 3.33. The monoisotopic (exact) mass is 215 g/mol. The lowest BCUT2D eigenvalue weighted by atomic mass is 10.2. The first kappa shape index (κ1) is 10.5. The van der Waals surface area contributed by atoms with E-state index in [1.807, 2.05) is 36.4 Å². The Bertz CT molecular complexity index is 443. The summed E-state index contributed by atoms with van der Waals surface area (Å²) >= 11 is 0. The molecule has 0 fully saturated rings. The first-order valence-electron chi connectivity index (χ1n) is 5.04. The fraction of sp³-hybridized carbons (Fsp3) is 0.154. The standard InChI is InChI=1S/C13H13NO2/c1-15-12-5-2-4-11(8-12)10-16-13-6-3-7-14-9-13/h2-9H,10H2,1H3. The van der Waals surface area contributed by atoms with Crippen molar-refractivity contribution in [2.75, 3.05) is 7.11 Å². The fourth-order valence-electron chi connectivity index (χ4n) is 1.36.